The van der Waals surface area contributed by atoms with Gasteiger partial charge in [0.25, 0.3) is 0 Å². The molecule has 1 rings (SSSR count). The van der Waals surface area contributed by atoms with Crippen molar-refractivity contribution in [1.82, 2.24) is 9.80 Å². The van der Waals surface area contributed by atoms with Crippen LogP contribution < -0.4 is 0 Å². The third-order valence-corrected chi connectivity index (χ3v) is 3.05. The molecule has 18 heavy (non-hydrogen) atoms. The SMILES string of the molecule is CCN(CC(C)C)C(=O)N1C[C@H](O)C[C@@H]1C(=O)O. The van der Waals surface area contributed by atoms with Crippen LogP contribution in [0.1, 0.15) is 27.2 Å². The van der Waals surface area contributed by atoms with E-state index in [1.54, 1.807) is 4.90 Å². The molecule has 1 aliphatic heterocycles. The summed E-state index contributed by atoms with van der Waals surface area (Å²) in [5, 5.41) is 18.6. The van der Waals surface area contributed by atoms with Crippen molar-refractivity contribution >= 4 is 12.0 Å². The molecule has 0 aromatic rings. The Morgan fingerprint density at radius 1 is 1.44 bits per heavy atom. The molecule has 0 radical (unpaired) electrons. The number of urea groups is 1. The summed E-state index contributed by atoms with van der Waals surface area (Å²) in [5.74, 6) is -0.731. The number of likely N-dealkylation sites (tertiary alicyclic amines) is 1. The standard InChI is InChI=1S/C12H22N2O4/c1-4-13(6-8(2)3)12(18)14-7-9(15)5-10(14)11(16)17/h8-10,15H,4-7H2,1-3H3,(H,16,17)/t9-,10-/m1/s1. The number of aliphatic hydroxyl groups excluding tert-OH is 1. The van der Waals surface area contributed by atoms with E-state index in [-0.39, 0.29) is 19.0 Å². The van der Waals surface area contributed by atoms with E-state index in [1.165, 1.54) is 4.90 Å². The van der Waals surface area contributed by atoms with Crippen molar-refractivity contribution in [2.45, 2.75) is 39.3 Å². The minimum Gasteiger partial charge on any atom is -0.480 e. The Kier molecular flexibility index (Phi) is 4.95. The molecule has 1 heterocycles. The van der Waals surface area contributed by atoms with Gasteiger partial charge in [0.05, 0.1) is 6.10 Å². The van der Waals surface area contributed by atoms with Crippen molar-refractivity contribution in [1.29, 1.82) is 0 Å². The van der Waals surface area contributed by atoms with Crippen LogP contribution in [0.15, 0.2) is 0 Å². The molecule has 0 spiro atoms. The van der Waals surface area contributed by atoms with Gasteiger partial charge in [-0.3, -0.25) is 0 Å². The van der Waals surface area contributed by atoms with Gasteiger partial charge in [0.15, 0.2) is 0 Å². The van der Waals surface area contributed by atoms with Crippen molar-refractivity contribution in [2.75, 3.05) is 19.6 Å². The summed E-state index contributed by atoms with van der Waals surface area (Å²) in [4.78, 5) is 26.2. The highest BCUT2D eigenvalue weighted by molar-refractivity contribution is 5.83. The normalized spacial score (nSPS) is 23.5. The van der Waals surface area contributed by atoms with Gasteiger partial charge >= 0.3 is 12.0 Å². The van der Waals surface area contributed by atoms with Crippen LogP contribution in [0.3, 0.4) is 0 Å². The first kappa shape index (κ1) is 14.8. The zero-order chi connectivity index (χ0) is 13.9. The predicted octanol–water partition coefficient (Wildman–Crippen LogP) is 0.604. The number of hydrogen-bond donors (Lipinski definition) is 2. The Balaban J connectivity index is 2.77. The highest BCUT2D eigenvalue weighted by atomic mass is 16.4. The number of β-amino-alcohol motifs (C(OH)–C–C–N with tert-alkyl or cyclic N) is 1. The van der Waals surface area contributed by atoms with Gasteiger partial charge in [0.1, 0.15) is 6.04 Å². The van der Waals surface area contributed by atoms with Crippen molar-refractivity contribution < 1.29 is 19.8 Å². The zero-order valence-electron chi connectivity index (χ0n) is 11.2. The molecule has 0 bridgehead atoms. The smallest absolute Gasteiger partial charge is 0.326 e. The lowest BCUT2D eigenvalue weighted by Crippen LogP contribution is -2.49. The molecule has 6 nitrogen and oxygen atoms in total. The van der Waals surface area contributed by atoms with Crippen LogP contribution in [-0.4, -0.2) is 63.8 Å². The molecular weight excluding hydrogens is 236 g/mol. The maximum atomic E-state index is 12.2. The molecule has 0 aromatic carbocycles. The summed E-state index contributed by atoms with van der Waals surface area (Å²) in [7, 11) is 0. The second-order valence-electron chi connectivity index (χ2n) is 5.11. The number of carboxylic acids is 1. The summed E-state index contributed by atoms with van der Waals surface area (Å²) in [6, 6.07) is -1.20. The molecule has 2 amide bonds. The maximum Gasteiger partial charge on any atom is 0.326 e. The van der Waals surface area contributed by atoms with E-state index in [0.29, 0.717) is 19.0 Å². The molecule has 0 unspecified atom stereocenters. The highest BCUT2D eigenvalue weighted by Gasteiger charge is 2.40. The Morgan fingerprint density at radius 3 is 2.50 bits per heavy atom. The van der Waals surface area contributed by atoms with Crippen molar-refractivity contribution in [2.24, 2.45) is 5.92 Å². The summed E-state index contributed by atoms with van der Waals surface area (Å²) >= 11 is 0. The highest BCUT2D eigenvalue weighted by Crippen LogP contribution is 2.20. The van der Waals surface area contributed by atoms with Gasteiger partial charge in [-0.05, 0) is 12.8 Å². The van der Waals surface area contributed by atoms with Crippen LogP contribution >= 0.6 is 0 Å². The van der Waals surface area contributed by atoms with Gasteiger partial charge < -0.3 is 20.0 Å². The lowest BCUT2D eigenvalue weighted by Gasteiger charge is -2.30. The van der Waals surface area contributed by atoms with E-state index in [2.05, 4.69) is 0 Å². The predicted molar refractivity (Wildman–Crippen MR) is 66.2 cm³/mol. The van der Waals surface area contributed by atoms with Crippen LogP contribution in [0.25, 0.3) is 0 Å². The zero-order valence-corrected chi connectivity index (χ0v) is 11.2. The summed E-state index contributed by atoms with van der Waals surface area (Å²) < 4.78 is 0. The Bertz CT molecular complexity index is 319. The molecule has 0 saturated carbocycles. The molecule has 1 saturated heterocycles. The van der Waals surface area contributed by atoms with E-state index in [0.717, 1.165) is 0 Å². The van der Waals surface area contributed by atoms with Gasteiger partial charge in [0.2, 0.25) is 0 Å². The quantitative estimate of drug-likeness (QED) is 0.774. The van der Waals surface area contributed by atoms with Gasteiger partial charge in [-0.1, -0.05) is 13.8 Å². The average Bonchev–Trinajstić information content (AvgIpc) is 2.67. The first-order valence-corrected chi connectivity index (χ1v) is 6.33. The fourth-order valence-electron chi connectivity index (χ4n) is 2.22. The van der Waals surface area contributed by atoms with E-state index >= 15 is 0 Å². The van der Waals surface area contributed by atoms with Gasteiger partial charge in [-0.25, -0.2) is 9.59 Å². The summed E-state index contributed by atoms with van der Waals surface area (Å²) in [5.41, 5.74) is 0. The molecule has 0 aliphatic carbocycles. The molecule has 2 N–H and O–H groups in total. The number of aliphatic carboxylic acids is 1. The number of aliphatic hydroxyl groups is 1. The Hall–Kier alpha value is -1.30. The molecule has 6 heteroatoms. The monoisotopic (exact) mass is 258 g/mol. The van der Waals surface area contributed by atoms with Crippen LogP contribution in [0.5, 0.6) is 0 Å². The van der Waals surface area contributed by atoms with Crippen LogP contribution in [0.4, 0.5) is 4.79 Å². The number of nitrogens with zero attached hydrogens (tertiary/aromatic N) is 2. The average molecular weight is 258 g/mol. The lowest BCUT2D eigenvalue weighted by atomic mass is 10.2. The van der Waals surface area contributed by atoms with Crippen LogP contribution in [-0.2, 0) is 4.79 Å². The third-order valence-electron chi connectivity index (χ3n) is 3.05. The van der Waals surface area contributed by atoms with Crippen molar-refractivity contribution in [3.8, 4) is 0 Å². The first-order valence-electron chi connectivity index (χ1n) is 6.33. The maximum absolute atomic E-state index is 12.2. The molecular formula is C12H22N2O4. The number of carboxylic acid groups (broad SMARTS) is 1. The third kappa shape index (κ3) is 3.35. The van der Waals surface area contributed by atoms with Crippen molar-refractivity contribution in [3.05, 3.63) is 0 Å². The van der Waals surface area contributed by atoms with Gasteiger partial charge in [-0.2, -0.15) is 0 Å². The lowest BCUT2D eigenvalue weighted by molar-refractivity contribution is -0.141. The largest absolute Gasteiger partial charge is 0.480 e. The van der Waals surface area contributed by atoms with Crippen LogP contribution in [0, 0.1) is 5.92 Å². The Labute approximate surface area is 107 Å². The van der Waals surface area contributed by atoms with Crippen LogP contribution in [0.2, 0.25) is 0 Å². The Morgan fingerprint density at radius 2 is 2.06 bits per heavy atom. The molecule has 0 aromatic heterocycles. The number of amides is 2. The molecule has 1 fully saturated rings. The second kappa shape index (κ2) is 6.04. The number of carbonyl (C=O) groups is 2. The fraction of sp³-hybridized carbons (Fsp3) is 0.833. The van der Waals surface area contributed by atoms with E-state index in [9.17, 15) is 14.7 Å². The van der Waals surface area contributed by atoms with Crippen molar-refractivity contribution in [3.63, 3.8) is 0 Å². The second-order valence-corrected chi connectivity index (χ2v) is 5.11. The topological polar surface area (TPSA) is 81.1 Å². The number of carbonyl (C=O) groups excluding carboxylic acids is 1. The molecule has 2 atom stereocenters. The number of rotatable bonds is 4. The molecule has 104 valence electrons. The fourth-order valence-corrected chi connectivity index (χ4v) is 2.22. The van der Waals surface area contributed by atoms with E-state index in [4.69, 9.17) is 5.11 Å². The van der Waals surface area contributed by atoms with Gasteiger partial charge in [-0.15, -0.1) is 0 Å². The van der Waals surface area contributed by atoms with Gasteiger partial charge in [0, 0.05) is 26.1 Å². The minimum atomic E-state index is -1.06. The summed E-state index contributed by atoms with van der Waals surface area (Å²) in [6.07, 6.45) is -0.631. The van der Waals surface area contributed by atoms with E-state index < -0.39 is 18.1 Å². The first-order chi connectivity index (χ1) is 8.36. The van der Waals surface area contributed by atoms with E-state index in [1.807, 2.05) is 20.8 Å². The summed E-state index contributed by atoms with van der Waals surface area (Å²) in [6.45, 7) is 7.10. The minimum absolute atomic E-state index is 0.102. The number of hydrogen-bond acceptors (Lipinski definition) is 3. The molecule has 1 aliphatic rings.